The van der Waals surface area contributed by atoms with Gasteiger partial charge in [-0.3, -0.25) is 19.2 Å². The number of amides is 3. The van der Waals surface area contributed by atoms with Crippen LogP contribution in [-0.2, 0) is 41.5 Å². The van der Waals surface area contributed by atoms with Crippen molar-refractivity contribution < 1.29 is 28.7 Å². The maximum Gasteiger partial charge on any atom is 0.246 e. The summed E-state index contributed by atoms with van der Waals surface area (Å²) in [5, 5.41) is 16.1. The Morgan fingerprint density at radius 3 is 1.74 bits per heavy atom. The summed E-state index contributed by atoms with van der Waals surface area (Å²) in [6, 6.07) is 13.5. The highest BCUT2D eigenvalue weighted by Crippen LogP contribution is 2.49. The number of carbonyl (C=O) groups excluding carboxylic acids is 4. The van der Waals surface area contributed by atoms with Crippen molar-refractivity contribution in [1.29, 1.82) is 0 Å². The average Bonchev–Trinajstić information content (AvgIpc) is 3.97. The molecule has 0 bridgehead atoms. The standard InChI is InChI=1S/C53H71N7O6S4/c1-30(54-7)48(67)56-37-19-23-69-42-28-52(3,4)45(59(42)50(37)63)39(61)27-36-34-17-11-9-15-32(34)25-40(36)65-21-13-14-22-66-41-26-33-16-10-12-18-35(33)44(41)58-47(62)46-53(5,6)29-43-60(46)51(64)38(20-24-70-43)57-49(68)31(2)55-8/h9-12,15-18,30-31,36-38,40-46,54-55H,19-29H2,1-8H3,(H,56,67)(H,57,68)(H,58,62)/t30-,31-,36-,37-,38-,40+,41+,42-,43-,44-,45+,46+/m0/s1. The first-order valence-corrected chi connectivity index (χ1v) is 27.9. The summed E-state index contributed by atoms with van der Waals surface area (Å²) in [5.41, 5.74) is 3.50. The smallest absolute Gasteiger partial charge is 0.246 e. The van der Waals surface area contributed by atoms with Gasteiger partial charge in [-0.1, -0.05) is 113 Å². The summed E-state index contributed by atoms with van der Waals surface area (Å²) in [6.07, 6.45) is 3.61. The number of carbonyl (C=O) groups is 4. The van der Waals surface area contributed by atoms with Crippen molar-refractivity contribution in [3.8, 4) is 11.8 Å². The molecule has 2 aromatic carbocycles. The molecule has 3 amide bonds. The fourth-order valence-electron chi connectivity index (χ4n) is 11.6. The van der Waals surface area contributed by atoms with Crippen LogP contribution in [0.3, 0.4) is 0 Å². The lowest BCUT2D eigenvalue weighted by Gasteiger charge is -2.35. The van der Waals surface area contributed by atoms with Crippen LogP contribution in [0.1, 0.15) is 108 Å². The van der Waals surface area contributed by atoms with E-state index in [1.165, 1.54) is 0 Å². The molecule has 8 rings (SSSR count). The molecule has 2 aliphatic carbocycles. The van der Waals surface area contributed by atoms with E-state index in [4.69, 9.17) is 33.9 Å². The third-order valence-electron chi connectivity index (χ3n) is 15.5. The summed E-state index contributed by atoms with van der Waals surface area (Å²) >= 11 is 14.8. The Balaban J connectivity index is 0.911. The molecule has 378 valence electrons. The fraction of sp³-hybridized carbons (Fsp3) is 0.623. The van der Waals surface area contributed by atoms with Gasteiger partial charge in [0.1, 0.15) is 31.3 Å². The van der Waals surface area contributed by atoms with Crippen LogP contribution in [-0.4, -0.2) is 141 Å². The van der Waals surface area contributed by atoms with Crippen molar-refractivity contribution in [2.75, 3.05) is 38.8 Å². The molecule has 2 aromatic rings. The Labute approximate surface area is 434 Å². The van der Waals surface area contributed by atoms with E-state index < -0.39 is 41.0 Å². The Morgan fingerprint density at radius 1 is 0.714 bits per heavy atom. The molecule has 12 atom stereocenters. The molecule has 0 spiro atoms. The van der Waals surface area contributed by atoms with Crippen LogP contribution in [0.25, 0.3) is 0 Å². The van der Waals surface area contributed by atoms with Gasteiger partial charge in [-0.2, -0.15) is 0 Å². The van der Waals surface area contributed by atoms with Gasteiger partial charge in [-0.25, -0.2) is 0 Å². The highest BCUT2D eigenvalue weighted by atomic mass is 32.2. The van der Waals surface area contributed by atoms with Gasteiger partial charge in [0.15, 0.2) is 5.78 Å². The minimum Gasteiger partial charge on any atom is -0.367 e. The van der Waals surface area contributed by atoms with Gasteiger partial charge in [0.05, 0.1) is 57.1 Å². The second-order valence-electron chi connectivity index (χ2n) is 21.2. The molecule has 0 unspecified atom stereocenters. The zero-order valence-electron chi connectivity index (χ0n) is 41.8. The molecule has 4 heterocycles. The summed E-state index contributed by atoms with van der Waals surface area (Å²) < 4.78 is 13.0. The minimum atomic E-state index is -0.676. The zero-order valence-corrected chi connectivity index (χ0v) is 45.1. The van der Waals surface area contributed by atoms with E-state index in [0.29, 0.717) is 42.1 Å². The second kappa shape index (κ2) is 22.3. The van der Waals surface area contributed by atoms with Crippen LogP contribution < -0.4 is 26.6 Å². The summed E-state index contributed by atoms with van der Waals surface area (Å²) in [6.45, 7) is 12.6. The van der Waals surface area contributed by atoms with E-state index >= 15 is 0 Å². The molecule has 4 fully saturated rings. The molecular weight excluding hydrogens is 959 g/mol. The maximum absolute atomic E-state index is 14.7. The number of likely N-dealkylation sites (N-methyl/N-ethyl adjacent to an activating group) is 2. The molecular formula is C53H71N7O6S4. The number of thioether (sulfide) groups is 2. The third kappa shape index (κ3) is 11.0. The molecule has 13 nitrogen and oxygen atoms in total. The van der Waals surface area contributed by atoms with Gasteiger partial charge in [0, 0.05) is 18.8 Å². The number of thiocarbonyl (C=S) groups is 2. The van der Waals surface area contributed by atoms with E-state index in [1.807, 2.05) is 68.1 Å². The van der Waals surface area contributed by atoms with Crippen LogP contribution in [0.4, 0.5) is 0 Å². The summed E-state index contributed by atoms with van der Waals surface area (Å²) in [4.78, 5) is 62.9. The number of ketones is 1. The number of fused-ring (bicyclic) bond motifs is 4. The lowest BCUT2D eigenvalue weighted by Crippen LogP contribution is -2.58. The lowest BCUT2D eigenvalue weighted by molar-refractivity contribution is -0.143. The number of hydrogen-bond acceptors (Lipinski definition) is 12. The number of ether oxygens (including phenoxy) is 2. The lowest BCUT2D eigenvalue weighted by atomic mass is 9.79. The number of nitrogens with one attached hydrogen (secondary N) is 5. The number of rotatable bonds is 15. The van der Waals surface area contributed by atoms with Crippen molar-refractivity contribution >= 4 is 81.4 Å². The molecule has 0 aromatic heterocycles. The first-order valence-electron chi connectivity index (χ1n) is 24.9. The molecule has 5 N–H and O–H groups in total. The van der Waals surface area contributed by atoms with Crippen LogP contribution in [0.2, 0.25) is 0 Å². The monoisotopic (exact) mass is 1030 g/mol. The molecule has 17 heteroatoms. The Kier molecular flexibility index (Phi) is 16.8. The summed E-state index contributed by atoms with van der Waals surface area (Å²) in [5.74, 6) is 7.46. The van der Waals surface area contributed by atoms with Gasteiger partial charge in [0.25, 0.3) is 0 Å². The minimum absolute atomic E-state index is 0.0520. The number of nitrogens with zero attached hydrogens (tertiary/aromatic N) is 2. The fourth-order valence-corrected chi connectivity index (χ4v) is 15.2. The van der Waals surface area contributed by atoms with Crippen LogP contribution >= 0.6 is 48.0 Å². The van der Waals surface area contributed by atoms with Crippen LogP contribution in [0.5, 0.6) is 0 Å². The van der Waals surface area contributed by atoms with Crippen molar-refractivity contribution in [2.45, 2.75) is 158 Å². The Bertz CT molecular complexity index is 2230. The summed E-state index contributed by atoms with van der Waals surface area (Å²) in [7, 11) is 3.68. The number of benzene rings is 2. The first-order chi connectivity index (χ1) is 33.4. The normalized spacial score (nSPS) is 30.3. The van der Waals surface area contributed by atoms with E-state index in [9.17, 15) is 19.2 Å². The largest absolute Gasteiger partial charge is 0.367 e. The van der Waals surface area contributed by atoms with Crippen LogP contribution in [0, 0.1) is 22.7 Å². The predicted octanol–water partition coefficient (Wildman–Crippen LogP) is 5.44. The van der Waals surface area contributed by atoms with Gasteiger partial charge in [-0.05, 0) is 105 Å². The van der Waals surface area contributed by atoms with Crippen molar-refractivity contribution in [2.24, 2.45) is 10.8 Å². The highest BCUT2D eigenvalue weighted by Gasteiger charge is 2.56. The molecule has 6 aliphatic rings. The highest BCUT2D eigenvalue weighted by molar-refractivity contribution is 8.00. The quantitative estimate of drug-likeness (QED) is 0.114. The first kappa shape index (κ1) is 52.7. The average molecular weight is 1030 g/mol. The predicted molar refractivity (Wildman–Crippen MR) is 287 cm³/mol. The Hall–Kier alpha value is -3.60. The van der Waals surface area contributed by atoms with E-state index in [2.05, 4.69) is 84.3 Å². The molecule has 0 radical (unpaired) electrons. The zero-order chi connectivity index (χ0) is 50.1. The van der Waals surface area contributed by atoms with Crippen LogP contribution in [0.15, 0.2) is 48.5 Å². The number of Topliss-reactive ketones (excluding diaryl/α,β-unsaturated/α-hetero) is 1. The van der Waals surface area contributed by atoms with E-state index in [1.54, 1.807) is 23.5 Å². The van der Waals surface area contributed by atoms with Gasteiger partial charge < -0.3 is 45.9 Å². The van der Waals surface area contributed by atoms with Gasteiger partial charge >= 0.3 is 0 Å². The van der Waals surface area contributed by atoms with Crippen molar-refractivity contribution in [3.05, 3.63) is 70.8 Å². The SMILES string of the molecule is CN[C@@H](C)C(=S)N[C@H]1CCS[C@H]2CC(C)(C)[C@@H](C(=O)C[C@H]3c4ccccc4C[C@H]3OCC#CCO[C@@H]3Cc4ccccc4[C@@H]3NC(=O)[C@H]3N4C(=O)[C@@H](NC(=S)[C@H](C)NC)CCS[C@H]4CC3(C)C)N2C1=O. The second-order valence-corrected chi connectivity index (χ2v) is 24.6. The Morgan fingerprint density at radius 2 is 1.19 bits per heavy atom. The molecule has 4 aliphatic heterocycles. The third-order valence-corrected chi connectivity index (χ3v) is 19.0. The van der Waals surface area contributed by atoms with Gasteiger partial charge in [0.2, 0.25) is 17.7 Å². The van der Waals surface area contributed by atoms with Crippen molar-refractivity contribution in [3.63, 3.8) is 0 Å². The molecule has 0 saturated carbocycles. The number of hydrogen-bond donors (Lipinski definition) is 5. The molecule has 70 heavy (non-hydrogen) atoms. The van der Waals surface area contributed by atoms with E-state index in [0.717, 1.165) is 40.2 Å². The topological polar surface area (TPSA) is 153 Å². The maximum atomic E-state index is 14.7. The van der Waals surface area contributed by atoms with Gasteiger partial charge in [-0.15, -0.1) is 23.5 Å². The van der Waals surface area contributed by atoms with E-state index in [-0.39, 0.29) is 84.1 Å². The van der Waals surface area contributed by atoms with Crippen molar-refractivity contribution in [1.82, 2.24) is 36.4 Å². The molecule has 4 saturated heterocycles.